The first kappa shape index (κ1) is 17.0. The van der Waals surface area contributed by atoms with Gasteiger partial charge in [-0.3, -0.25) is 9.59 Å². The Morgan fingerprint density at radius 2 is 1.57 bits per heavy atom. The molecule has 2 amide bonds. The normalized spacial score (nSPS) is 10.9. The van der Waals surface area contributed by atoms with Crippen molar-refractivity contribution < 1.29 is 9.59 Å². The Morgan fingerprint density at radius 1 is 0.957 bits per heavy atom. The fraction of sp³-hybridized carbons (Fsp3) is 0.222. The van der Waals surface area contributed by atoms with E-state index in [-0.39, 0.29) is 5.91 Å². The Hall–Kier alpha value is -2.33. The summed E-state index contributed by atoms with van der Waals surface area (Å²) in [5.74, 6) is -0.748. The minimum Gasteiger partial charge on any atom is -0.351 e. The van der Waals surface area contributed by atoms with Crippen LogP contribution in [0.15, 0.2) is 54.6 Å². The number of amides is 2. The first-order valence-corrected chi connectivity index (χ1v) is 7.67. The van der Waals surface area contributed by atoms with Crippen LogP contribution in [0.5, 0.6) is 0 Å². The molecule has 0 heterocycles. The van der Waals surface area contributed by atoms with Gasteiger partial charge in [-0.2, -0.15) is 0 Å². The van der Waals surface area contributed by atoms with Crippen molar-refractivity contribution in [1.82, 2.24) is 5.32 Å². The fourth-order valence-corrected chi connectivity index (χ4v) is 2.13. The highest BCUT2D eigenvalue weighted by Crippen LogP contribution is 2.24. The zero-order chi connectivity index (χ0) is 16.9. The van der Waals surface area contributed by atoms with Gasteiger partial charge in [0, 0.05) is 6.54 Å². The first-order chi connectivity index (χ1) is 10.9. The van der Waals surface area contributed by atoms with Gasteiger partial charge in [-0.1, -0.05) is 54.1 Å². The second-order valence-corrected chi connectivity index (χ2v) is 6.13. The number of nitrogens with one attached hydrogen (secondary N) is 2. The second kappa shape index (κ2) is 7.29. The maximum atomic E-state index is 12.4. The Labute approximate surface area is 140 Å². The lowest BCUT2D eigenvalue weighted by Crippen LogP contribution is -2.44. The van der Waals surface area contributed by atoms with E-state index < -0.39 is 11.3 Å². The Kier molecular flexibility index (Phi) is 5.40. The van der Waals surface area contributed by atoms with Crippen LogP contribution in [0.2, 0.25) is 5.02 Å². The van der Waals surface area contributed by atoms with Crippen LogP contribution in [0.4, 0.5) is 5.69 Å². The van der Waals surface area contributed by atoms with E-state index in [1.165, 1.54) is 0 Å². The molecule has 2 rings (SSSR count). The summed E-state index contributed by atoms with van der Waals surface area (Å²) in [7, 11) is 0. The smallest absolute Gasteiger partial charge is 0.239 e. The Balaban J connectivity index is 2.00. The summed E-state index contributed by atoms with van der Waals surface area (Å²) in [5, 5.41) is 5.92. The maximum absolute atomic E-state index is 12.4. The van der Waals surface area contributed by atoms with Gasteiger partial charge >= 0.3 is 0 Å². The molecule has 0 aromatic heterocycles. The predicted molar refractivity (Wildman–Crippen MR) is 92.2 cm³/mol. The zero-order valence-electron chi connectivity index (χ0n) is 13.1. The van der Waals surface area contributed by atoms with Crippen LogP contribution in [-0.2, 0) is 16.1 Å². The Morgan fingerprint density at radius 3 is 2.22 bits per heavy atom. The third-order valence-corrected chi connectivity index (χ3v) is 3.88. The van der Waals surface area contributed by atoms with E-state index in [4.69, 9.17) is 11.6 Å². The Bertz CT molecular complexity index is 699. The van der Waals surface area contributed by atoms with Crippen molar-refractivity contribution in [3.8, 4) is 0 Å². The van der Waals surface area contributed by atoms with Gasteiger partial charge in [0.15, 0.2) is 0 Å². The quantitative estimate of drug-likeness (QED) is 0.823. The van der Waals surface area contributed by atoms with Crippen molar-refractivity contribution in [3.05, 3.63) is 65.2 Å². The largest absolute Gasteiger partial charge is 0.351 e. The molecule has 23 heavy (non-hydrogen) atoms. The van der Waals surface area contributed by atoms with E-state index >= 15 is 0 Å². The van der Waals surface area contributed by atoms with Crippen molar-refractivity contribution in [3.63, 3.8) is 0 Å². The van der Waals surface area contributed by atoms with Crippen LogP contribution in [0.1, 0.15) is 19.4 Å². The summed E-state index contributed by atoms with van der Waals surface area (Å²) in [6.45, 7) is 3.54. The summed E-state index contributed by atoms with van der Waals surface area (Å²) < 4.78 is 0. The number of hydrogen-bond donors (Lipinski definition) is 2. The molecule has 0 atom stereocenters. The molecule has 0 unspecified atom stereocenters. The highest BCUT2D eigenvalue weighted by atomic mass is 35.5. The standard InChI is InChI=1S/C18H19ClN2O2/c1-18(2,16(22)20-12-13-8-4-3-5-9-13)17(23)21-15-11-7-6-10-14(15)19/h3-11H,12H2,1-2H3,(H,20,22)(H,21,23). The van der Waals surface area contributed by atoms with Crippen molar-refractivity contribution in [2.75, 3.05) is 5.32 Å². The van der Waals surface area contributed by atoms with Crippen LogP contribution in [0.25, 0.3) is 0 Å². The summed E-state index contributed by atoms with van der Waals surface area (Å²) in [4.78, 5) is 24.8. The summed E-state index contributed by atoms with van der Waals surface area (Å²) in [5.41, 5.74) is 0.250. The molecular formula is C18H19ClN2O2. The number of rotatable bonds is 5. The van der Waals surface area contributed by atoms with E-state index in [2.05, 4.69) is 10.6 Å². The van der Waals surface area contributed by atoms with Gasteiger partial charge in [0.2, 0.25) is 11.8 Å². The zero-order valence-corrected chi connectivity index (χ0v) is 13.9. The monoisotopic (exact) mass is 330 g/mol. The van der Waals surface area contributed by atoms with E-state index in [0.29, 0.717) is 17.3 Å². The molecule has 0 aliphatic rings. The third-order valence-electron chi connectivity index (χ3n) is 3.55. The number of anilines is 1. The molecule has 0 fully saturated rings. The van der Waals surface area contributed by atoms with E-state index in [1.54, 1.807) is 38.1 Å². The van der Waals surface area contributed by atoms with Gasteiger partial charge in [-0.15, -0.1) is 0 Å². The number of para-hydroxylation sites is 1. The molecule has 0 bridgehead atoms. The SMILES string of the molecule is CC(C)(C(=O)NCc1ccccc1)C(=O)Nc1ccccc1Cl. The average Bonchev–Trinajstić information content (AvgIpc) is 2.55. The molecule has 120 valence electrons. The molecule has 0 aliphatic carbocycles. The highest BCUT2D eigenvalue weighted by molar-refractivity contribution is 6.33. The van der Waals surface area contributed by atoms with Gasteiger partial charge < -0.3 is 10.6 Å². The second-order valence-electron chi connectivity index (χ2n) is 5.73. The molecule has 0 aliphatic heterocycles. The predicted octanol–water partition coefficient (Wildman–Crippen LogP) is 3.62. The van der Waals surface area contributed by atoms with E-state index in [1.807, 2.05) is 30.3 Å². The minimum absolute atomic E-state index is 0.342. The molecule has 2 aromatic carbocycles. The fourth-order valence-electron chi connectivity index (χ4n) is 1.94. The van der Waals surface area contributed by atoms with E-state index in [9.17, 15) is 9.59 Å². The molecule has 4 nitrogen and oxygen atoms in total. The number of benzene rings is 2. The molecule has 0 radical (unpaired) electrons. The number of carbonyl (C=O) groups is 2. The van der Waals surface area contributed by atoms with Crippen molar-refractivity contribution in [1.29, 1.82) is 0 Å². The molecule has 0 saturated heterocycles. The topological polar surface area (TPSA) is 58.2 Å². The average molecular weight is 331 g/mol. The maximum Gasteiger partial charge on any atom is 0.239 e. The first-order valence-electron chi connectivity index (χ1n) is 7.29. The molecule has 5 heteroatoms. The highest BCUT2D eigenvalue weighted by Gasteiger charge is 2.36. The van der Waals surface area contributed by atoms with Crippen molar-refractivity contribution in [2.24, 2.45) is 5.41 Å². The van der Waals surface area contributed by atoms with Crippen molar-refractivity contribution >= 4 is 29.1 Å². The summed E-state index contributed by atoms with van der Waals surface area (Å²) in [6.07, 6.45) is 0. The molecule has 2 aromatic rings. The molecule has 0 spiro atoms. The number of hydrogen-bond acceptors (Lipinski definition) is 2. The van der Waals surface area contributed by atoms with Crippen LogP contribution in [0, 0.1) is 5.41 Å². The lowest BCUT2D eigenvalue weighted by Gasteiger charge is -2.23. The van der Waals surface area contributed by atoms with Gasteiger partial charge in [0.25, 0.3) is 0 Å². The van der Waals surface area contributed by atoms with Crippen LogP contribution in [-0.4, -0.2) is 11.8 Å². The van der Waals surface area contributed by atoms with Crippen molar-refractivity contribution in [2.45, 2.75) is 20.4 Å². The lowest BCUT2D eigenvalue weighted by molar-refractivity contribution is -0.138. The molecular weight excluding hydrogens is 312 g/mol. The van der Waals surface area contributed by atoms with Gasteiger partial charge in [-0.25, -0.2) is 0 Å². The lowest BCUT2D eigenvalue weighted by atomic mass is 9.90. The number of carbonyl (C=O) groups excluding carboxylic acids is 2. The summed E-state index contributed by atoms with van der Waals surface area (Å²) >= 11 is 6.02. The minimum atomic E-state index is -1.21. The van der Waals surface area contributed by atoms with Crippen LogP contribution >= 0.6 is 11.6 Å². The van der Waals surface area contributed by atoms with Gasteiger partial charge in [-0.05, 0) is 31.5 Å². The van der Waals surface area contributed by atoms with Crippen LogP contribution in [0.3, 0.4) is 0 Å². The molecule has 0 saturated carbocycles. The van der Waals surface area contributed by atoms with Crippen LogP contribution < -0.4 is 10.6 Å². The summed E-state index contributed by atoms with van der Waals surface area (Å²) in [6, 6.07) is 16.4. The molecule has 2 N–H and O–H groups in total. The van der Waals surface area contributed by atoms with Gasteiger partial charge in [0.05, 0.1) is 10.7 Å². The third kappa shape index (κ3) is 4.33. The van der Waals surface area contributed by atoms with E-state index in [0.717, 1.165) is 5.56 Å². The number of halogens is 1. The van der Waals surface area contributed by atoms with Gasteiger partial charge in [0.1, 0.15) is 5.41 Å².